The Kier molecular flexibility index (Phi) is 14.6. The maximum atomic E-state index is 11.8. The molecule has 0 bridgehead atoms. The number of hydrogen-bond acceptors (Lipinski definition) is 11. The number of aliphatic hydroxyl groups is 1. The third kappa shape index (κ3) is 12.6. The SMILES string of the molecule is C=CC(=O)OCCOCCC(O)C(CCOCCOC(=O)C=C)OCCn1c(=O)[nH]c(=O)[nH]c1=O. The number of nitrogens with one attached hydrogen (secondary N) is 2. The highest BCUT2D eigenvalue weighted by molar-refractivity contribution is 5.81. The monoisotopic (exact) mass is 501 g/mol. The molecule has 0 aliphatic heterocycles. The molecule has 0 spiro atoms. The number of H-pyrrole nitrogens is 2. The summed E-state index contributed by atoms with van der Waals surface area (Å²) in [5, 5.41) is 10.5. The zero-order valence-electron chi connectivity index (χ0n) is 19.3. The van der Waals surface area contributed by atoms with E-state index in [0.717, 1.165) is 16.7 Å². The van der Waals surface area contributed by atoms with E-state index in [1.165, 1.54) is 0 Å². The summed E-state index contributed by atoms with van der Waals surface area (Å²) in [4.78, 5) is 60.5. The molecule has 14 heteroatoms. The van der Waals surface area contributed by atoms with Gasteiger partial charge in [-0.15, -0.1) is 0 Å². The second kappa shape index (κ2) is 17.2. The first-order valence-electron chi connectivity index (χ1n) is 10.8. The number of esters is 2. The maximum absolute atomic E-state index is 11.8. The van der Waals surface area contributed by atoms with Crippen LogP contribution in [0.2, 0.25) is 0 Å². The number of aliphatic hydroxyl groups excluding tert-OH is 1. The van der Waals surface area contributed by atoms with Crippen LogP contribution in [0.4, 0.5) is 0 Å². The van der Waals surface area contributed by atoms with Gasteiger partial charge in [-0.25, -0.2) is 28.5 Å². The van der Waals surface area contributed by atoms with Gasteiger partial charge in [0.25, 0.3) is 0 Å². The molecule has 1 rings (SSSR count). The second-order valence-corrected chi connectivity index (χ2v) is 6.86. The summed E-state index contributed by atoms with van der Waals surface area (Å²) in [6.07, 6.45) is 0.751. The lowest BCUT2D eigenvalue weighted by Crippen LogP contribution is -2.44. The van der Waals surface area contributed by atoms with Crippen LogP contribution in [0.25, 0.3) is 0 Å². The van der Waals surface area contributed by atoms with Crippen LogP contribution in [0.15, 0.2) is 39.7 Å². The lowest BCUT2D eigenvalue weighted by Gasteiger charge is -2.23. The van der Waals surface area contributed by atoms with Gasteiger partial charge in [0, 0.05) is 25.4 Å². The van der Waals surface area contributed by atoms with Crippen molar-refractivity contribution in [2.75, 3.05) is 46.2 Å². The average molecular weight is 501 g/mol. The molecule has 0 aromatic carbocycles. The number of ether oxygens (including phenoxy) is 5. The van der Waals surface area contributed by atoms with Crippen molar-refractivity contribution < 1.29 is 38.4 Å². The topological polar surface area (TPSA) is 188 Å². The summed E-state index contributed by atoms with van der Waals surface area (Å²) in [5.41, 5.74) is -2.69. The van der Waals surface area contributed by atoms with Gasteiger partial charge in [0.2, 0.25) is 0 Å². The molecule has 35 heavy (non-hydrogen) atoms. The lowest BCUT2D eigenvalue weighted by atomic mass is 10.1. The highest BCUT2D eigenvalue weighted by atomic mass is 16.6. The van der Waals surface area contributed by atoms with E-state index in [1.807, 2.05) is 9.97 Å². The van der Waals surface area contributed by atoms with Gasteiger partial charge in [-0.3, -0.25) is 9.97 Å². The van der Waals surface area contributed by atoms with Gasteiger partial charge < -0.3 is 28.8 Å². The Morgan fingerprint density at radius 2 is 1.34 bits per heavy atom. The zero-order valence-corrected chi connectivity index (χ0v) is 19.3. The van der Waals surface area contributed by atoms with E-state index in [9.17, 15) is 29.1 Å². The molecule has 196 valence electrons. The Balaban J connectivity index is 2.53. The summed E-state index contributed by atoms with van der Waals surface area (Å²) in [6, 6.07) is 0. The van der Waals surface area contributed by atoms with Crippen LogP contribution in [0.1, 0.15) is 12.8 Å². The third-order valence-electron chi connectivity index (χ3n) is 4.39. The van der Waals surface area contributed by atoms with E-state index in [2.05, 4.69) is 13.2 Å². The van der Waals surface area contributed by atoms with Crippen LogP contribution in [0, 0.1) is 0 Å². The van der Waals surface area contributed by atoms with Crippen molar-refractivity contribution in [3.63, 3.8) is 0 Å². The Hall–Kier alpha value is -3.33. The fourth-order valence-electron chi connectivity index (χ4n) is 2.65. The number of carbonyl (C=O) groups is 2. The standard InChI is InChI=1S/C21H31N3O11/c1-3-17(26)34-13-11-31-8-5-15(25)16(6-9-32-12-14-35-18(27)4-2)33-10-7-24-20(29)22-19(28)23-21(24)30/h3-4,15-16,25H,1-2,5-14H2,(H2,22,23,28,29,30). The van der Waals surface area contributed by atoms with Gasteiger partial charge in [-0.2, -0.15) is 0 Å². The summed E-state index contributed by atoms with van der Waals surface area (Å²) < 4.78 is 26.7. The fraction of sp³-hybridized carbons (Fsp3) is 0.571. The molecule has 0 amide bonds. The molecule has 0 radical (unpaired) electrons. The molecule has 0 saturated carbocycles. The fourth-order valence-corrected chi connectivity index (χ4v) is 2.65. The van der Waals surface area contributed by atoms with Gasteiger partial charge in [0.1, 0.15) is 13.2 Å². The lowest BCUT2D eigenvalue weighted by molar-refractivity contribution is -0.140. The minimum atomic E-state index is -0.987. The van der Waals surface area contributed by atoms with Crippen molar-refractivity contribution in [2.24, 2.45) is 0 Å². The molecule has 0 aliphatic carbocycles. The van der Waals surface area contributed by atoms with Crippen molar-refractivity contribution in [3.8, 4) is 0 Å². The van der Waals surface area contributed by atoms with Gasteiger partial charge in [-0.05, 0) is 12.8 Å². The van der Waals surface area contributed by atoms with Crippen molar-refractivity contribution in [3.05, 3.63) is 56.8 Å². The van der Waals surface area contributed by atoms with Crippen molar-refractivity contribution in [1.29, 1.82) is 0 Å². The zero-order chi connectivity index (χ0) is 26.1. The Labute approximate surface area is 200 Å². The highest BCUT2D eigenvalue weighted by Crippen LogP contribution is 2.10. The number of hydrogen-bond donors (Lipinski definition) is 3. The molecule has 2 unspecified atom stereocenters. The van der Waals surface area contributed by atoms with Crippen LogP contribution in [0.3, 0.4) is 0 Å². The molecule has 3 N–H and O–H groups in total. The molecule has 1 heterocycles. The van der Waals surface area contributed by atoms with E-state index < -0.39 is 41.2 Å². The summed E-state index contributed by atoms with van der Waals surface area (Å²) in [6.45, 7) is 6.88. The summed E-state index contributed by atoms with van der Waals surface area (Å²) >= 11 is 0. The highest BCUT2D eigenvalue weighted by Gasteiger charge is 2.20. The minimum absolute atomic E-state index is 0.0289. The van der Waals surface area contributed by atoms with Crippen LogP contribution >= 0.6 is 0 Å². The van der Waals surface area contributed by atoms with Gasteiger partial charge in [0.05, 0.1) is 38.6 Å². The molecule has 2 atom stereocenters. The van der Waals surface area contributed by atoms with Crippen LogP contribution in [-0.4, -0.2) is 90.0 Å². The molecule has 1 aromatic rings. The van der Waals surface area contributed by atoms with Crippen molar-refractivity contribution in [2.45, 2.75) is 31.6 Å². The Bertz CT molecular complexity index is 947. The first-order chi connectivity index (χ1) is 16.8. The molecule has 0 saturated heterocycles. The minimum Gasteiger partial charge on any atom is -0.460 e. The predicted octanol–water partition coefficient (Wildman–Crippen LogP) is -1.76. The third-order valence-corrected chi connectivity index (χ3v) is 4.39. The van der Waals surface area contributed by atoms with E-state index in [0.29, 0.717) is 0 Å². The smallest absolute Gasteiger partial charge is 0.333 e. The normalized spacial score (nSPS) is 12.5. The Morgan fingerprint density at radius 3 is 1.86 bits per heavy atom. The summed E-state index contributed by atoms with van der Waals surface area (Å²) in [5.74, 6) is -1.14. The Morgan fingerprint density at radius 1 is 0.829 bits per heavy atom. The molecule has 0 fully saturated rings. The number of rotatable bonds is 19. The molecular formula is C21H31N3O11. The van der Waals surface area contributed by atoms with Gasteiger partial charge >= 0.3 is 29.0 Å². The number of carbonyl (C=O) groups excluding carboxylic acids is 2. The van der Waals surface area contributed by atoms with Crippen LogP contribution < -0.4 is 17.1 Å². The van der Waals surface area contributed by atoms with Crippen LogP contribution in [-0.2, 0) is 39.8 Å². The van der Waals surface area contributed by atoms with Crippen LogP contribution in [0.5, 0.6) is 0 Å². The van der Waals surface area contributed by atoms with E-state index in [4.69, 9.17) is 23.7 Å². The maximum Gasteiger partial charge on any atom is 0.333 e. The van der Waals surface area contributed by atoms with Gasteiger partial charge in [-0.1, -0.05) is 13.2 Å². The van der Waals surface area contributed by atoms with E-state index in [-0.39, 0.29) is 65.6 Å². The number of aromatic nitrogens is 3. The first kappa shape index (κ1) is 29.7. The van der Waals surface area contributed by atoms with Crippen molar-refractivity contribution >= 4 is 11.9 Å². The molecule has 0 aliphatic rings. The van der Waals surface area contributed by atoms with Crippen molar-refractivity contribution in [1.82, 2.24) is 14.5 Å². The molecule has 1 aromatic heterocycles. The summed E-state index contributed by atoms with van der Waals surface area (Å²) in [7, 11) is 0. The average Bonchev–Trinajstić information content (AvgIpc) is 2.82. The molecular weight excluding hydrogens is 470 g/mol. The second-order valence-electron chi connectivity index (χ2n) is 6.86. The number of nitrogens with zero attached hydrogens (tertiary/aromatic N) is 1. The van der Waals surface area contributed by atoms with E-state index in [1.54, 1.807) is 0 Å². The van der Waals surface area contributed by atoms with Gasteiger partial charge in [0.15, 0.2) is 0 Å². The predicted molar refractivity (Wildman–Crippen MR) is 121 cm³/mol. The largest absolute Gasteiger partial charge is 0.460 e. The van der Waals surface area contributed by atoms with E-state index >= 15 is 0 Å². The first-order valence-corrected chi connectivity index (χ1v) is 10.8. The quantitative estimate of drug-likeness (QED) is 0.111. The number of aromatic amines is 2. The molecule has 14 nitrogen and oxygen atoms in total.